The number of rotatable bonds is 6. The summed E-state index contributed by atoms with van der Waals surface area (Å²) >= 11 is 5.98. The fraction of sp³-hybridized carbons (Fsp3) is 0.350. The Kier molecular flexibility index (Phi) is 5.18. The maximum atomic E-state index is 12.5. The number of carbonyl (C=O) groups is 1. The number of hydrogen-bond acceptors (Lipinski definition) is 6. The average molecular weight is 439 g/mol. The van der Waals surface area contributed by atoms with E-state index in [0.717, 1.165) is 24.8 Å². The topological polar surface area (TPSA) is 99.1 Å². The lowest BCUT2D eigenvalue weighted by Crippen LogP contribution is -2.32. The van der Waals surface area contributed by atoms with Crippen molar-refractivity contribution in [3.8, 4) is 11.5 Å². The third-order valence-electron chi connectivity index (χ3n) is 5.21. The predicted molar refractivity (Wildman–Crippen MR) is 104 cm³/mol. The van der Waals surface area contributed by atoms with Gasteiger partial charge in [-0.2, -0.15) is 8.42 Å². The van der Waals surface area contributed by atoms with Crippen LogP contribution in [0, 0.1) is 6.92 Å². The molecule has 1 fully saturated rings. The minimum absolute atomic E-state index is 0.0392. The molecule has 4 rings (SSSR count). The summed E-state index contributed by atoms with van der Waals surface area (Å²) in [6.07, 6.45) is 0.939. The SMILES string of the molecule is Cc1ccc(S(=O)(=O)OC(Oc2cccc3c2OC2CCCC32)C(=O)O)cc1Cl. The van der Waals surface area contributed by atoms with Gasteiger partial charge in [0.05, 0.1) is 4.90 Å². The molecule has 1 N–H and O–H groups in total. The predicted octanol–water partition coefficient (Wildman–Crippen LogP) is 3.87. The van der Waals surface area contributed by atoms with Gasteiger partial charge in [0, 0.05) is 16.5 Å². The van der Waals surface area contributed by atoms with Crippen molar-refractivity contribution in [1.82, 2.24) is 0 Å². The van der Waals surface area contributed by atoms with Gasteiger partial charge in [0.1, 0.15) is 6.10 Å². The normalized spacial score (nSPS) is 21.2. The molecule has 0 amide bonds. The molecule has 1 aliphatic heterocycles. The van der Waals surface area contributed by atoms with Crippen LogP contribution >= 0.6 is 11.6 Å². The van der Waals surface area contributed by atoms with Crippen molar-refractivity contribution >= 4 is 27.7 Å². The second kappa shape index (κ2) is 7.51. The smallest absolute Gasteiger partial charge is 0.375 e. The largest absolute Gasteiger partial charge is 0.486 e. The molecular weight excluding hydrogens is 420 g/mol. The van der Waals surface area contributed by atoms with Gasteiger partial charge in [0.15, 0.2) is 11.5 Å². The van der Waals surface area contributed by atoms with Gasteiger partial charge in [0.25, 0.3) is 0 Å². The molecule has 0 radical (unpaired) electrons. The zero-order valence-corrected chi connectivity index (χ0v) is 17.1. The minimum atomic E-state index is -4.42. The summed E-state index contributed by atoms with van der Waals surface area (Å²) in [5, 5.41) is 9.70. The highest BCUT2D eigenvalue weighted by atomic mass is 35.5. The second-order valence-corrected chi connectivity index (χ2v) is 9.10. The molecule has 7 nitrogen and oxygen atoms in total. The van der Waals surface area contributed by atoms with E-state index < -0.39 is 22.4 Å². The number of aliphatic carboxylic acids is 1. The molecule has 154 valence electrons. The number of aryl methyl sites for hydroxylation is 1. The van der Waals surface area contributed by atoms with E-state index in [4.69, 9.17) is 25.3 Å². The first kappa shape index (κ1) is 20.0. The average Bonchev–Trinajstić information content (AvgIpc) is 3.25. The summed E-state index contributed by atoms with van der Waals surface area (Å²) in [7, 11) is -4.42. The number of fused-ring (bicyclic) bond motifs is 3. The molecule has 9 heteroatoms. The van der Waals surface area contributed by atoms with Crippen molar-refractivity contribution in [1.29, 1.82) is 0 Å². The van der Waals surface area contributed by atoms with Crippen LogP contribution in [0.15, 0.2) is 41.3 Å². The highest BCUT2D eigenvalue weighted by molar-refractivity contribution is 7.86. The van der Waals surface area contributed by atoms with Crippen LogP contribution in [0.2, 0.25) is 5.02 Å². The van der Waals surface area contributed by atoms with Crippen molar-refractivity contribution in [2.75, 3.05) is 0 Å². The van der Waals surface area contributed by atoms with Crippen LogP contribution in [0.3, 0.4) is 0 Å². The van der Waals surface area contributed by atoms with Crippen molar-refractivity contribution in [3.05, 3.63) is 52.5 Å². The van der Waals surface area contributed by atoms with E-state index >= 15 is 0 Å². The Balaban J connectivity index is 1.59. The Morgan fingerprint density at radius 3 is 2.79 bits per heavy atom. The highest BCUT2D eigenvalue weighted by Gasteiger charge is 2.40. The third kappa shape index (κ3) is 3.80. The van der Waals surface area contributed by atoms with Gasteiger partial charge in [-0.25, -0.2) is 8.98 Å². The number of hydrogen-bond donors (Lipinski definition) is 1. The Bertz CT molecular complexity index is 1070. The molecule has 1 heterocycles. The van der Waals surface area contributed by atoms with Gasteiger partial charge in [-0.3, -0.25) is 0 Å². The lowest BCUT2D eigenvalue weighted by molar-refractivity contribution is -0.158. The zero-order chi connectivity index (χ0) is 20.8. The molecular formula is C20H19ClO7S. The Morgan fingerprint density at radius 2 is 2.07 bits per heavy atom. The highest BCUT2D eigenvalue weighted by Crippen LogP contribution is 2.50. The number of halogens is 1. The molecule has 2 aromatic carbocycles. The third-order valence-corrected chi connectivity index (χ3v) is 6.88. The summed E-state index contributed by atoms with van der Waals surface area (Å²) in [6.45, 7) is 1.72. The van der Waals surface area contributed by atoms with E-state index in [0.29, 0.717) is 11.3 Å². The monoisotopic (exact) mass is 438 g/mol. The van der Waals surface area contributed by atoms with E-state index in [2.05, 4.69) is 0 Å². The fourth-order valence-electron chi connectivity index (χ4n) is 3.74. The molecule has 3 atom stereocenters. The van der Waals surface area contributed by atoms with Crippen molar-refractivity contribution < 1.29 is 32.0 Å². The van der Waals surface area contributed by atoms with Crippen LogP contribution in [0.4, 0.5) is 0 Å². The first-order valence-electron chi connectivity index (χ1n) is 9.15. The summed E-state index contributed by atoms with van der Waals surface area (Å²) in [6, 6.07) is 9.18. The Labute approximate surface area is 173 Å². The van der Waals surface area contributed by atoms with Gasteiger partial charge in [0.2, 0.25) is 0 Å². The summed E-state index contributed by atoms with van der Waals surface area (Å²) in [4.78, 5) is 11.4. The summed E-state index contributed by atoms with van der Waals surface area (Å²) in [5.74, 6) is -0.743. The number of carboxylic acid groups (broad SMARTS) is 1. The lowest BCUT2D eigenvalue weighted by Gasteiger charge is -2.18. The van der Waals surface area contributed by atoms with E-state index in [1.807, 2.05) is 6.07 Å². The van der Waals surface area contributed by atoms with Crippen molar-refractivity contribution in [2.24, 2.45) is 0 Å². The molecule has 0 aromatic heterocycles. The van der Waals surface area contributed by atoms with Crippen LogP contribution in [0.25, 0.3) is 0 Å². The van der Waals surface area contributed by atoms with E-state index in [9.17, 15) is 18.3 Å². The number of benzene rings is 2. The van der Waals surface area contributed by atoms with Crippen LogP contribution in [-0.2, 0) is 19.1 Å². The molecule has 29 heavy (non-hydrogen) atoms. The van der Waals surface area contributed by atoms with E-state index in [1.165, 1.54) is 24.3 Å². The second-order valence-electron chi connectivity index (χ2n) is 7.12. The molecule has 2 aromatic rings. The lowest BCUT2D eigenvalue weighted by atomic mass is 9.97. The van der Waals surface area contributed by atoms with Crippen LogP contribution in [-0.4, -0.2) is 31.9 Å². The molecule has 3 unspecified atom stereocenters. The molecule has 0 spiro atoms. The number of ether oxygens (including phenoxy) is 2. The van der Waals surface area contributed by atoms with Crippen LogP contribution in [0.1, 0.15) is 36.3 Å². The number of para-hydroxylation sites is 1. The molecule has 1 saturated carbocycles. The maximum absolute atomic E-state index is 12.5. The fourth-order valence-corrected chi connectivity index (χ4v) is 4.95. The van der Waals surface area contributed by atoms with Gasteiger partial charge in [-0.15, -0.1) is 0 Å². The standard InChI is InChI=1S/C20H19ClO7S/c1-11-8-9-12(10-15(11)21)29(24,25)28-20(19(22)23)27-17-7-3-5-14-13-4-2-6-16(13)26-18(14)17/h3,5,7-10,13,16,20H,2,4,6H2,1H3,(H,22,23). The minimum Gasteiger partial charge on any atom is -0.486 e. The van der Waals surface area contributed by atoms with Crippen LogP contribution < -0.4 is 9.47 Å². The first-order chi connectivity index (χ1) is 13.8. The molecule has 0 bridgehead atoms. The maximum Gasteiger partial charge on any atom is 0.375 e. The zero-order valence-electron chi connectivity index (χ0n) is 15.5. The van der Waals surface area contributed by atoms with Crippen LogP contribution in [0.5, 0.6) is 11.5 Å². The van der Waals surface area contributed by atoms with Gasteiger partial charge in [-0.05, 0) is 49.9 Å². The van der Waals surface area contributed by atoms with Gasteiger partial charge < -0.3 is 14.6 Å². The Morgan fingerprint density at radius 1 is 1.28 bits per heavy atom. The van der Waals surface area contributed by atoms with E-state index in [-0.39, 0.29) is 27.7 Å². The molecule has 0 saturated heterocycles. The Hall–Kier alpha value is -2.29. The quantitative estimate of drug-likeness (QED) is 0.539. The summed E-state index contributed by atoms with van der Waals surface area (Å²) < 4.78 is 41.3. The molecule has 2 aliphatic rings. The van der Waals surface area contributed by atoms with Crippen molar-refractivity contribution in [3.63, 3.8) is 0 Å². The van der Waals surface area contributed by atoms with Crippen molar-refractivity contribution in [2.45, 2.75) is 49.4 Å². The summed E-state index contributed by atoms with van der Waals surface area (Å²) in [5.41, 5.74) is 1.63. The van der Waals surface area contributed by atoms with E-state index in [1.54, 1.807) is 13.0 Å². The molecule has 1 aliphatic carbocycles. The van der Waals surface area contributed by atoms with Gasteiger partial charge >= 0.3 is 22.4 Å². The first-order valence-corrected chi connectivity index (χ1v) is 10.9. The van der Waals surface area contributed by atoms with Gasteiger partial charge in [-0.1, -0.05) is 29.8 Å². The number of carboxylic acids is 1.